The number of nitrogens with one attached hydrogen (secondary N) is 1. The van der Waals surface area contributed by atoms with Crippen LogP contribution in [-0.2, 0) is 12.8 Å². The van der Waals surface area contributed by atoms with Crippen LogP contribution < -0.4 is 11.1 Å². The number of aryl methyl sites for hydroxylation is 2. The first-order chi connectivity index (χ1) is 14.9. The molecule has 2 aromatic rings. The fourth-order valence-electron chi connectivity index (χ4n) is 2.81. The molecule has 0 saturated carbocycles. The van der Waals surface area contributed by atoms with Crippen LogP contribution in [0.15, 0.2) is 78.4 Å². The van der Waals surface area contributed by atoms with Gasteiger partial charge in [-0.1, -0.05) is 80.6 Å². The molecule has 0 aliphatic heterocycles. The molecule has 3 N–H and O–H groups in total. The van der Waals surface area contributed by atoms with Gasteiger partial charge in [-0.15, -0.1) is 11.3 Å². The fraction of sp³-hybridized carbons (Fsp3) is 0.370. The predicted molar refractivity (Wildman–Crippen MR) is 140 cm³/mol. The van der Waals surface area contributed by atoms with Crippen LogP contribution in [0.2, 0.25) is 0 Å². The highest BCUT2D eigenvalue weighted by Crippen LogP contribution is 2.17. The van der Waals surface area contributed by atoms with Crippen molar-refractivity contribution in [2.75, 3.05) is 11.9 Å². The van der Waals surface area contributed by atoms with Crippen molar-refractivity contribution in [1.29, 1.82) is 0 Å². The maximum Gasteiger partial charge on any atom is 0.186 e. The molecule has 4 heteroatoms. The second-order valence-corrected chi connectivity index (χ2v) is 8.64. The minimum absolute atomic E-state index is 0.538. The van der Waals surface area contributed by atoms with E-state index < -0.39 is 0 Å². The molecule has 1 aliphatic rings. The highest BCUT2D eigenvalue weighted by Gasteiger charge is 2.04. The summed E-state index contributed by atoms with van der Waals surface area (Å²) in [6.07, 6.45) is 12.7. The van der Waals surface area contributed by atoms with Crippen LogP contribution in [0, 0.1) is 12.8 Å². The number of aromatic nitrogens is 1. The summed E-state index contributed by atoms with van der Waals surface area (Å²) >= 11 is 1.58. The van der Waals surface area contributed by atoms with Crippen molar-refractivity contribution in [2.24, 2.45) is 11.7 Å². The molecule has 0 amide bonds. The minimum Gasteiger partial charge on any atom is -0.339 e. The van der Waals surface area contributed by atoms with Crippen LogP contribution in [0.5, 0.6) is 0 Å². The SMILES string of the molecule is C=CNc1nc(CC(=C)C)cs1.CC(CN)C1=CCCC=C1.CCc1ccc(C)cc1. The third-order valence-electron chi connectivity index (χ3n) is 4.74. The Bertz CT molecular complexity index is 844. The van der Waals surface area contributed by atoms with E-state index in [4.69, 9.17) is 5.73 Å². The van der Waals surface area contributed by atoms with Crippen molar-refractivity contribution in [1.82, 2.24) is 4.98 Å². The molecule has 0 bridgehead atoms. The Balaban J connectivity index is 0.000000235. The van der Waals surface area contributed by atoms with Gasteiger partial charge >= 0.3 is 0 Å². The first-order valence-electron chi connectivity index (χ1n) is 11.0. The molecule has 0 fully saturated rings. The fourth-order valence-corrected chi connectivity index (χ4v) is 3.51. The monoisotopic (exact) mass is 437 g/mol. The average molecular weight is 438 g/mol. The van der Waals surface area contributed by atoms with Crippen LogP contribution in [0.1, 0.15) is 50.4 Å². The van der Waals surface area contributed by atoms with Crippen molar-refractivity contribution in [3.05, 3.63) is 95.2 Å². The maximum atomic E-state index is 5.53. The molecule has 1 aliphatic carbocycles. The molecule has 1 atom stereocenters. The molecular weight excluding hydrogens is 398 g/mol. The lowest BCUT2D eigenvalue weighted by Crippen LogP contribution is -2.12. The van der Waals surface area contributed by atoms with E-state index in [-0.39, 0.29) is 0 Å². The lowest BCUT2D eigenvalue weighted by Gasteiger charge is -2.12. The van der Waals surface area contributed by atoms with Gasteiger partial charge < -0.3 is 11.1 Å². The summed E-state index contributed by atoms with van der Waals surface area (Å²) in [5, 5.41) is 5.86. The van der Waals surface area contributed by atoms with E-state index in [0.717, 1.165) is 35.8 Å². The molecular formula is C27H39N3S. The summed E-state index contributed by atoms with van der Waals surface area (Å²) in [6.45, 7) is 16.6. The van der Waals surface area contributed by atoms with Gasteiger partial charge in [-0.2, -0.15) is 0 Å². The number of allylic oxidation sites excluding steroid dienone is 4. The number of hydrogen-bond acceptors (Lipinski definition) is 4. The second kappa shape index (κ2) is 15.4. The summed E-state index contributed by atoms with van der Waals surface area (Å²) in [5.74, 6) is 0.538. The number of benzene rings is 1. The maximum absolute atomic E-state index is 5.53. The van der Waals surface area contributed by atoms with Gasteiger partial charge in [0.25, 0.3) is 0 Å². The standard InChI is InChI=1S/C9H12N2S.C9H15N.C9H12/c1-4-10-9-11-8(6-12-9)5-7(2)3;1-8(7-10)9-5-3-2-4-6-9;1-3-9-6-4-8(2)5-7-9/h4,6H,1-2,5H2,3H3,(H,10,11);3,5-6,8H,2,4,7,10H2,1H3;4-7H,3H2,1-2H3. The summed E-state index contributed by atoms with van der Waals surface area (Å²) in [5.41, 5.74) is 11.9. The van der Waals surface area contributed by atoms with Crippen molar-refractivity contribution < 1.29 is 0 Å². The Labute approximate surface area is 193 Å². The first-order valence-corrected chi connectivity index (χ1v) is 11.9. The Hall–Kier alpha value is -2.43. The lowest BCUT2D eigenvalue weighted by atomic mass is 9.96. The predicted octanol–water partition coefficient (Wildman–Crippen LogP) is 7.23. The molecule has 1 aromatic heterocycles. The Morgan fingerprint density at radius 2 is 2.00 bits per heavy atom. The van der Waals surface area contributed by atoms with Gasteiger partial charge in [0.15, 0.2) is 5.13 Å². The van der Waals surface area contributed by atoms with Crippen LogP contribution in [0.4, 0.5) is 5.13 Å². The number of hydrogen-bond donors (Lipinski definition) is 2. The van der Waals surface area contributed by atoms with E-state index in [1.54, 1.807) is 17.5 Å². The van der Waals surface area contributed by atoms with Gasteiger partial charge in [-0.05, 0) is 62.9 Å². The largest absolute Gasteiger partial charge is 0.339 e. The number of nitrogens with two attached hydrogens (primary N) is 1. The van der Waals surface area contributed by atoms with Gasteiger partial charge in [0.2, 0.25) is 0 Å². The van der Waals surface area contributed by atoms with E-state index in [9.17, 15) is 0 Å². The van der Waals surface area contributed by atoms with Crippen LogP contribution in [-0.4, -0.2) is 11.5 Å². The Morgan fingerprint density at radius 3 is 2.52 bits per heavy atom. The van der Waals surface area contributed by atoms with Crippen molar-refractivity contribution in [3.8, 4) is 0 Å². The molecule has 1 heterocycles. The molecule has 0 radical (unpaired) electrons. The molecule has 0 spiro atoms. The molecule has 31 heavy (non-hydrogen) atoms. The minimum atomic E-state index is 0.538. The number of anilines is 1. The van der Waals surface area contributed by atoms with Gasteiger partial charge in [0.05, 0.1) is 5.69 Å². The number of nitrogens with zero attached hydrogens (tertiary/aromatic N) is 1. The third kappa shape index (κ3) is 11.5. The van der Waals surface area contributed by atoms with E-state index in [1.807, 2.05) is 12.3 Å². The zero-order valence-electron chi connectivity index (χ0n) is 19.7. The van der Waals surface area contributed by atoms with E-state index in [1.165, 1.54) is 29.5 Å². The summed E-state index contributed by atoms with van der Waals surface area (Å²) in [4.78, 5) is 4.32. The molecule has 3 rings (SSSR count). The molecule has 168 valence electrons. The van der Waals surface area contributed by atoms with Gasteiger partial charge in [-0.25, -0.2) is 4.98 Å². The zero-order chi connectivity index (χ0) is 23.1. The smallest absolute Gasteiger partial charge is 0.186 e. The average Bonchev–Trinajstić information content (AvgIpc) is 3.21. The van der Waals surface area contributed by atoms with Gasteiger partial charge in [-0.3, -0.25) is 0 Å². The van der Waals surface area contributed by atoms with Gasteiger partial charge in [0.1, 0.15) is 0 Å². The number of thiazole rings is 1. The Morgan fingerprint density at radius 1 is 1.29 bits per heavy atom. The highest BCUT2D eigenvalue weighted by molar-refractivity contribution is 7.13. The summed E-state index contributed by atoms with van der Waals surface area (Å²) in [7, 11) is 0. The van der Waals surface area contributed by atoms with E-state index in [2.05, 4.69) is 86.7 Å². The van der Waals surface area contributed by atoms with Crippen molar-refractivity contribution in [3.63, 3.8) is 0 Å². The molecule has 3 nitrogen and oxygen atoms in total. The Kier molecular flexibility index (Phi) is 13.2. The van der Waals surface area contributed by atoms with Crippen LogP contribution in [0.25, 0.3) is 0 Å². The number of rotatable bonds is 7. The highest BCUT2D eigenvalue weighted by atomic mass is 32.1. The summed E-state index contributed by atoms with van der Waals surface area (Å²) in [6, 6.07) is 8.66. The van der Waals surface area contributed by atoms with E-state index in [0.29, 0.717) is 5.92 Å². The quantitative estimate of drug-likeness (QED) is 0.449. The van der Waals surface area contributed by atoms with Crippen LogP contribution >= 0.6 is 11.3 Å². The van der Waals surface area contributed by atoms with Crippen LogP contribution in [0.3, 0.4) is 0 Å². The summed E-state index contributed by atoms with van der Waals surface area (Å²) < 4.78 is 0. The lowest BCUT2D eigenvalue weighted by molar-refractivity contribution is 0.700. The van der Waals surface area contributed by atoms with Crippen molar-refractivity contribution in [2.45, 2.75) is 53.4 Å². The molecule has 1 aromatic carbocycles. The molecule has 1 unspecified atom stereocenters. The molecule has 0 saturated heterocycles. The van der Waals surface area contributed by atoms with E-state index >= 15 is 0 Å². The van der Waals surface area contributed by atoms with Crippen molar-refractivity contribution >= 4 is 16.5 Å². The first kappa shape index (κ1) is 26.6. The normalized spacial score (nSPS) is 13.0. The third-order valence-corrected chi connectivity index (χ3v) is 5.56. The second-order valence-electron chi connectivity index (χ2n) is 7.79. The zero-order valence-corrected chi connectivity index (χ0v) is 20.5. The van der Waals surface area contributed by atoms with Gasteiger partial charge in [0, 0.05) is 11.8 Å². The topological polar surface area (TPSA) is 50.9 Å².